The van der Waals surface area contributed by atoms with Crippen molar-refractivity contribution in [3.05, 3.63) is 64.4 Å². The Kier molecular flexibility index (Phi) is 8.23. The van der Waals surface area contributed by atoms with E-state index >= 15 is 0 Å². The monoisotopic (exact) mass is 474 g/mol. The lowest BCUT2D eigenvalue weighted by Crippen LogP contribution is -2.51. The van der Waals surface area contributed by atoms with E-state index in [1.807, 2.05) is 29.2 Å². The van der Waals surface area contributed by atoms with Gasteiger partial charge < -0.3 is 14.4 Å². The van der Waals surface area contributed by atoms with Crippen LogP contribution in [0, 0.1) is 5.82 Å². The van der Waals surface area contributed by atoms with Crippen LogP contribution in [0.4, 0.5) is 4.39 Å². The predicted molar refractivity (Wildman–Crippen MR) is 127 cm³/mol. The zero-order chi connectivity index (χ0) is 23.2. The molecule has 4 rings (SSSR count). The largest absolute Gasteiger partial charge is 0.492 e. The molecule has 1 amide bonds. The van der Waals surface area contributed by atoms with Crippen LogP contribution in [0.2, 0.25) is 5.02 Å². The van der Waals surface area contributed by atoms with Gasteiger partial charge in [-0.25, -0.2) is 4.39 Å². The van der Waals surface area contributed by atoms with Gasteiger partial charge in [0.15, 0.2) is 0 Å². The number of halogens is 2. The quantitative estimate of drug-likeness (QED) is 0.616. The molecule has 33 heavy (non-hydrogen) atoms. The molecule has 0 spiro atoms. The van der Waals surface area contributed by atoms with Crippen LogP contribution in [0.25, 0.3) is 0 Å². The van der Waals surface area contributed by atoms with Gasteiger partial charge in [-0.1, -0.05) is 30.2 Å². The fourth-order valence-corrected chi connectivity index (χ4v) is 5.16. The van der Waals surface area contributed by atoms with Crippen LogP contribution in [0.5, 0.6) is 5.75 Å². The van der Waals surface area contributed by atoms with Crippen LogP contribution in [-0.4, -0.2) is 61.2 Å². The molecule has 7 heteroatoms. The minimum Gasteiger partial charge on any atom is -0.492 e. The van der Waals surface area contributed by atoms with E-state index < -0.39 is 0 Å². The normalized spacial score (nSPS) is 22.9. The first-order chi connectivity index (χ1) is 16.1. The van der Waals surface area contributed by atoms with Crippen molar-refractivity contribution in [3.63, 3.8) is 0 Å². The maximum Gasteiger partial charge on any atom is 0.254 e. The van der Waals surface area contributed by atoms with E-state index in [0.717, 1.165) is 45.2 Å². The highest BCUT2D eigenvalue weighted by atomic mass is 35.5. The van der Waals surface area contributed by atoms with E-state index in [4.69, 9.17) is 21.1 Å². The molecular formula is C26H32ClFN2O3. The van der Waals surface area contributed by atoms with Crippen molar-refractivity contribution in [2.24, 2.45) is 0 Å². The summed E-state index contributed by atoms with van der Waals surface area (Å²) in [4.78, 5) is 17.5. The number of nitrogens with zero attached hydrogens (tertiary/aromatic N) is 2. The average Bonchev–Trinajstić information content (AvgIpc) is 2.83. The van der Waals surface area contributed by atoms with Crippen molar-refractivity contribution in [1.29, 1.82) is 0 Å². The van der Waals surface area contributed by atoms with Crippen molar-refractivity contribution in [2.75, 3.05) is 33.4 Å². The highest BCUT2D eigenvalue weighted by Crippen LogP contribution is 2.28. The summed E-state index contributed by atoms with van der Waals surface area (Å²) in [7, 11) is 1.73. The van der Waals surface area contributed by atoms with Crippen LogP contribution in [0.1, 0.15) is 48.0 Å². The van der Waals surface area contributed by atoms with Crippen LogP contribution in [-0.2, 0) is 11.3 Å². The third-order valence-electron chi connectivity index (χ3n) is 6.71. The van der Waals surface area contributed by atoms with Crippen molar-refractivity contribution >= 4 is 17.5 Å². The maximum absolute atomic E-state index is 14.4. The van der Waals surface area contributed by atoms with E-state index in [1.54, 1.807) is 19.2 Å². The zero-order valence-corrected chi connectivity index (χ0v) is 19.9. The molecule has 2 aliphatic heterocycles. The summed E-state index contributed by atoms with van der Waals surface area (Å²) in [6.45, 7) is 3.06. The minimum absolute atomic E-state index is 0.0417. The third-order valence-corrected chi connectivity index (χ3v) is 7.06. The van der Waals surface area contributed by atoms with E-state index in [1.165, 1.54) is 6.07 Å². The van der Waals surface area contributed by atoms with Gasteiger partial charge in [0.2, 0.25) is 0 Å². The Morgan fingerprint density at radius 1 is 1.09 bits per heavy atom. The fraction of sp³-hybridized carbons (Fsp3) is 0.500. The number of carbonyl (C=O) groups is 1. The number of carbonyl (C=O) groups excluding carboxylic acids is 1. The summed E-state index contributed by atoms with van der Waals surface area (Å²) >= 11 is 6.29. The van der Waals surface area contributed by atoms with E-state index in [9.17, 15) is 9.18 Å². The number of benzene rings is 2. The summed E-state index contributed by atoms with van der Waals surface area (Å²) in [5.74, 6) is 0.425. The number of methoxy groups -OCH3 is 1. The minimum atomic E-state index is -0.283. The molecule has 2 aliphatic rings. The maximum atomic E-state index is 14.4. The lowest BCUT2D eigenvalue weighted by atomic mass is 9.93. The molecule has 0 radical (unpaired) electrons. The van der Waals surface area contributed by atoms with Gasteiger partial charge in [0, 0.05) is 42.9 Å². The molecular weight excluding hydrogens is 443 g/mol. The topological polar surface area (TPSA) is 42.0 Å². The molecule has 5 nitrogen and oxygen atoms in total. The van der Waals surface area contributed by atoms with Gasteiger partial charge in [-0.05, 0) is 62.6 Å². The summed E-state index contributed by atoms with van der Waals surface area (Å²) < 4.78 is 26.2. The first-order valence-corrected chi connectivity index (χ1v) is 12.2. The molecule has 2 bridgehead atoms. The zero-order valence-electron chi connectivity index (χ0n) is 19.1. The van der Waals surface area contributed by atoms with Gasteiger partial charge in [-0.15, -0.1) is 0 Å². The first kappa shape index (κ1) is 24.0. The Morgan fingerprint density at radius 3 is 2.76 bits per heavy atom. The molecule has 0 saturated carbocycles. The van der Waals surface area contributed by atoms with E-state index in [-0.39, 0.29) is 23.9 Å². The van der Waals surface area contributed by atoms with Crippen LogP contribution in [0.15, 0.2) is 42.5 Å². The standard InChI is InChI=1S/C26H32ClFN2O3/c1-32-25-12-6-14-30-24(25)11-2-3-13-29(18-21-22(27)9-5-10-23(21)28)15-16-33-20-8-4-7-19(17-20)26(30)31/h4-5,7-10,17,24-25H,2-3,6,11-16,18H2,1H3/t24-,25-/m1/s1. The van der Waals surface area contributed by atoms with Gasteiger partial charge >= 0.3 is 0 Å². The first-order valence-electron chi connectivity index (χ1n) is 11.8. The number of amides is 1. The molecule has 2 heterocycles. The molecule has 2 atom stereocenters. The van der Waals surface area contributed by atoms with Crippen molar-refractivity contribution in [2.45, 2.75) is 50.8 Å². The number of fused-ring (bicyclic) bond motifs is 3. The van der Waals surface area contributed by atoms with Gasteiger partial charge in [-0.2, -0.15) is 0 Å². The lowest BCUT2D eigenvalue weighted by molar-refractivity contribution is -0.0156. The Bertz CT molecular complexity index is 937. The van der Waals surface area contributed by atoms with Gasteiger partial charge in [-0.3, -0.25) is 9.69 Å². The SMILES string of the molecule is CO[C@@H]1CCCN2C(=O)c3cccc(c3)OCCN(Cc3c(F)cccc3Cl)CCCC[C@H]12. The highest BCUT2D eigenvalue weighted by molar-refractivity contribution is 6.31. The average molecular weight is 475 g/mol. The second kappa shape index (κ2) is 11.3. The molecule has 1 saturated heterocycles. The summed E-state index contributed by atoms with van der Waals surface area (Å²) in [6, 6.07) is 12.3. The number of ether oxygens (including phenoxy) is 2. The van der Waals surface area contributed by atoms with E-state index in [2.05, 4.69) is 4.90 Å². The van der Waals surface area contributed by atoms with Crippen LogP contribution >= 0.6 is 11.6 Å². The fourth-order valence-electron chi connectivity index (χ4n) is 4.93. The second-order valence-corrected chi connectivity index (χ2v) is 9.24. The van der Waals surface area contributed by atoms with Crippen molar-refractivity contribution in [1.82, 2.24) is 9.80 Å². The van der Waals surface area contributed by atoms with Gasteiger partial charge in [0.05, 0.1) is 12.1 Å². The smallest absolute Gasteiger partial charge is 0.254 e. The van der Waals surface area contributed by atoms with Crippen molar-refractivity contribution in [3.8, 4) is 5.75 Å². The molecule has 1 fully saturated rings. The Morgan fingerprint density at radius 2 is 1.94 bits per heavy atom. The summed E-state index contributed by atoms with van der Waals surface area (Å²) in [5.41, 5.74) is 1.16. The van der Waals surface area contributed by atoms with Gasteiger partial charge in [0.1, 0.15) is 18.2 Å². The predicted octanol–water partition coefficient (Wildman–Crippen LogP) is 5.16. The second-order valence-electron chi connectivity index (χ2n) is 8.83. The number of hydrogen-bond donors (Lipinski definition) is 0. The molecule has 2 aromatic rings. The Hall–Kier alpha value is -2.15. The van der Waals surface area contributed by atoms with E-state index in [0.29, 0.717) is 41.6 Å². The molecule has 0 aromatic heterocycles. The van der Waals surface area contributed by atoms with Crippen LogP contribution < -0.4 is 4.74 Å². The molecule has 0 N–H and O–H groups in total. The highest BCUT2D eigenvalue weighted by Gasteiger charge is 2.34. The molecule has 2 aromatic carbocycles. The number of piperidine rings is 1. The van der Waals surface area contributed by atoms with Crippen LogP contribution in [0.3, 0.4) is 0 Å². The summed E-state index contributed by atoms with van der Waals surface area (Å²) in [5, 5.41) is 0.447. The molecule has 178 valence electrons. The number of hydrogen-bond acceptors (Lipinski definition) is 4. The Balaban J connectivity index is 1.55. The Labute approximate surface area is 200 Å². The molecule has 0 aliphatic carbocycles. The number of rotatable bonds is 3. The lowest BCUT2D eigenvalue weighted by Gasteiger charge is -2.41. The summed E-state index contributed by atoms with van der Waals surface area (Å²) in [6.07, 6.45) is 4.72. The molecule has 0 unspecified atom stereocenters. The van der Waals surface area contributed by atoms with Gasteiger partial charge in [0.25, 0.3) is 5.91 Å². The van der Waals surface area contributed by atoms with Crippen molar-refractivity contribution < 1.29 is 18.7 Å². The third kappa shape index (κ3) is 5.86.